The van der Waals surface area contributed by atoms with E-state index in [1.54, 1.807) is 0 Å². The molecule has 1 aliphatic rings. The Morgan fingerprint density at radius 1 is 0.950 bits per heavy atom. The summed E-state index contributed by atoms with van der Waals surface area (Å²) < 4.78 is 0. The van der Waals surface area contributed by atoms with Crippen LogP contribution in [0.2, 0.25) is 0 Å². The summed E-state index contributed by atoms with van der Waals surface area (Å²) in [5.74, 6) is 5.82. The predicted molar refractivity (Wildman–Crippen MR) is 90.4 cm³/mol. The molecule has 1 rings (SSSR count). The van der Waals surface area contributed by atoms with Crippen LogP contribution in [0.5, 0.6) is 0 Å². The van der Waals surface area contributed by atoms with Crippen LogP contribution in [0.4, 0.5) is 0 Å². The van der Waals surface area contributed by atoms with Crippen molar-refractivity contribution in [2.75, 3.05) is 0 Å². The first-order valence-corrected chi connectivity index (χ1v) is 8.45. The number of rotatable bonds is 2. The average molecular weight is 298 g/mol. The number of nitrogens with two attached hydrogens (primary N) is 1. The van der Waals surface area contributed by atoms with E-state index in [-0.39, 0.29) is 0 Å². The van der Waals surface area contributed by atoms with Crippen molar-refractivity contribution in [3.05, 3.63) is 0 Å². The molecule has 0 bridgehead atoms. The summed E-state index contributed by atoms with van der Waals surface area (Å²) in [6.45, 7) is 2.10. The fourth-order valence-corrected chi connectivity index (χ4v) is 2.89. The van der Waals surface area contributed by atoms with E-state index in [2.05, 4.69) is 22.9 Å². The summed E-state index contributed by atoms with van der Waals surface area (Å²) in [5, 5.41) is 4.74. The largest absolute Gasteiger partial charge is 0.300 e. The first-order valence-electron chi connectivity index (χ1n) is 8.05. The number of hydrogen-bond donors (Lipinski definition) is 3. The van der Waals surface area contributed by atoms with Gasteiger partial charge in [0.25, 0.3) is 0 Å². The van der Waals surface area contributed by atoms with Crippen LogP contribution in [0.1, 0.15) is 77.6 Å². The highest BCUT2D eigenvalue weighted by molar-refractivity contribution is 7.80. The fourth-order valence-electron chi connectivity index (χ4n) is 2.84. The summed E-state index contributed by atoms with van der Waals surface area (Å²) in [6, 6.07) is 0. The van der Waals surface area contributed by atoms with E-state index < -0.39 is 0 Å². The monoisotopic (exact) mass is 298 g/mol. The highest BCUT2D eigenvalue weighted by atomic mass is 32.1. The van der Waals surface area contributed by atoms with Crippen LogP contribution in [0.3, 0.4) is 0 Å². The zero-order chi connectivity index (χ0) is 14.6. The number of thiocarbonyl (C=S) groups is 1. The predicted octanol–water partition coefficient (Wildman–Crippen LogP) is 3.62. The molecule has 0 radical (unpaired) electrons. The molecular formula is C15H30N4S. The number of nitrogens with one attached hydrogen (secondary N) is 2. The molecule has 4 N–H and O–H groups in total. The molecule has 0 aliphatic heterocycles. The highest BCUT2D eigenvalue weighted by Crippen LogP contribution is 2.22. The van der Waals surface area contributed by atoms with Gasteiger partial charge >= 0.3 is 0 Å². The first-order chi connectivity index (χ1) is 9.74. The quantitative estimate of drug-likeness (QED) is 0.315. The van der Waals surface area contributed by atoms with Crippen molar-refractivity contribution in [3.8, 4) is 0 Å². The Kier molecular flexibility index (Phi) is 9.58. The van der Waals surface area contributed by atoms with Crippen molar-refractivity contribution in [3.63, 3.8) is 0 Å². The van der Waals surface area contributed by atoms with Gasteiger partial charge in [0.1, 0.15) is 0 Å². The number of nitrogens with zero attached hydrogens (tertiary/aromatic N) is 1. The Labute approximate surface area is 128 Å². The van der Waals surface area contributed by atoms with Gasteiger partial charge in [-0.3, -0.25) is 10.9 Å². The Hall–Kier alpha value is -0.680. The standard InChI is InChI=1S/C15H30N4S/c1-13(18-19-15(20)17-16)14-11-9-7-5-3-2-4-6-8-10-12-14/h14H,2-12,16H2,1H3,(H2,17,19,20)/b18-13+. The molecule has 0 unspecified atom stereocenters. The minimum absolute atomic E-state index is 0.373. The third-order valence-corrected chi connectivity index (χ3v) is 4.37. The van der Waals surface area contributed by atoms with E-state index in [1.807, 2.05) is 0 Å². The lowest BCUT2D eigenvalue weighted by Gasteiger charge is -2.18. The summed E-state index contributed by atoms with van der Waals surface area (Å²) in [7, 11) is 0. The lowest BCUT2D eigenvalue weighted by atomic mass is 9.90. The second kappa shape index (κ2) is 11.0. The van der Waals surface area contributed by atoms with Crippen molar-refractivity contribution < 1.29 is 0 Å². The maximum atomic E-state index is 5.23. The van der Waals surface area contributed by atoms with E-state index in [9.17, 15) is 0 Å². The smallest absolute Gasteiger partial charge is 0.201 e. The highest BCUT2D eigenvalue weighted by Gasteiger charge is 2.13. The topological polar surface area (TPSA) is 62.4 Å². The molecular weight excluding hydrogens is 268 g/mol. The van der Waals surface area contributed by atoms with Gasteiger partial charge in [0, 0.05) is 5.71 Å². The first kappa shape index (κ1) is 17.4. The van der Waals surface area contributed by atoms with Crippen molar-refractivity contribution in [2.45, 2.75) is 77.6 Å². The zero-order valence-electron chi connectivity index (χ0n) is 12.8. The molecule has 0 heterocycles. The van der Waals surface area contributed by atoms with E-state index >= 15 is 0 Å². The SMILES string of the molecule is C/C(=N\NC(=S)NN)C1CCCCCCCCCCC1. The Bertz CT molecular complexity index is 292. The lowest BCUT2D eigenvalue weighted by molar-refractivity contribution is 0.463. The summed E-state index contributed by atoms with van der Waals surface area (Å²) >= 11 is 4.94. The van der Waals surface area contributed by atoms with Crippen LogP contribution in [-0.4, -0.2) is 10.8 Å². The normalized spacial score (nSPS) is 20.6. The van der Waals surface area contributed by atoms with E-state index in [4.69, 9.17) is 18.1 Å². The maximum absolute atomic E-state index is 5.23. The van der Waals surface area contributed by atoms with Crippen LogP contribution in [0, 0.1) is 5.92 Å². The summed E-state index contributed by atoms with van der Waals surface area (Å²) in [5.41, 5.74) is 6.34. The molecule has 5 heteroatoms. The van der Waals surface area contributed by atoms with Gasteiger partial charge in [-0.2, -0.15) is 5.10 Å². The second-order valence-electron chi connectivity index (χ2n) is 5.79. The van der Waals surface area contributed by atoms with Crippen LogP contribution in [0.25, 0.3) is 0 Å². The third kappa shape index (κ3) is 7.80. The summed E-state index contributed by atoms with van der Waals surface area (Å²) in [6.07, 6.45) is 14.9. The minimum Gasteiger partial charge on any atom is -0.300 e. The van der Waals surface area contributed by atoms with Gasteiger partial charge < -0.3 is 0 Å². The van der Waals surface area contributed by atoms with Crippen molar-refractivity contribution in [1.82, 2.24) is 10.9 Å². The van der Waals surface area contributed by atoms with Gasteiger partial charge in [-0.15, -0.1) is 0 Å². The molecule has 1 saturated carbocycles. The molecule has 1 fully saturated rings. The van der Waals surface area contributed by atoms with Gasteiger partial charge in [-0.05, 0) is 37.9 Å². The van der Waals surface area contributed by atoms with Gasteiger partial charge in [0.2, 0.25) is 5.11 Å². The molecule has 4 nitrogen and oxygen atoms in total. The number of hydrogen-bond acceptors (Lipinski definition) is 3. The van der Waals surface area contributed by atoms with E-state index in [0.717, 1.165) is 5.71 Å². The molecule has 116 valence electrons. The van der Waals surface area contributed by atoms with Crippen LogP contribution in [0.15, 0.2) is 5.10 Å². The molecule has 0 spiro atoms. The van der Waals surface area contributed by atoms with Gasteiger partial charge in [0.15, 0.2) is 0 Å². The second-order valence-corrected chi connectivity index (χ2v) is 6.20. The third-order valence-electron chi connectivity index (χ3n) is 4.16. The maximum Gasteiger partial charge on any atom is 0.201 e. The van der Waals surface area contributed by atoms with Crippen LogP contribution in [-0.2, 0) is 0 Å². The van der Waals surface area contributed by atoms with Gasteiger partial charge in [-0.25, -0.2) is 5.84 Å². The molecule has 0 aromatic carbocycles. The van der Waals surface area contributed by atoms with Crippen molar-refractivity contribution in [2.24, 2.45) is 16.9 Å². The molecule has 20 heavy (non-hydrogen) atoms. The van der Waals surface area contributed by atoms with Gasteiger partial charge in [0.05, 0.1) is 0 Å². The van der Waals surface area contributed by atoms with Gasteiger partial charge in [-0.1, -0.05) is 57.8 Å². The molecule has 0 atom stereocenters. The summed E-state index contributed by atoms with van der Waals surface area (Å²) in [4.78, 5) is 0. The molecule has 1 aliphatic carbocycles. The van der Waals surface area contributed by atoms with Crippen molar-refractivity contribution >= 4 is 23.0 Å². The average Bonchev–Trinajstić information content (AvgIpc) is 2.45. The minimum atomic E-state index is 0.373. The lowest BCUT2D eigenvalue weighted by Crippen LogP contribution is -2.37. The molecule has 0 aromatic heterocycles. The Morgan fingerprint density at radius 2 is 1.40 bits per heavy atom. The molecule has 0 aromatic rings. The van der Waals surface area contributed by atoms with Crippen LogP contribution >= 0.6 is 12.2 Å². The fraction of sp³-hybridized carbons (Fsp3) is 0.867. The molecule has 0 amide bonds. The number of hydrazone groups is 1. The van der Waals surface area contributed by atoms with E-state index in [1.165, 1.54) is 70.6 Å². The number of hydrazine groups is 1. The van der Waals surface area contributed by atoms with E-state index in [0.29, 0.717) is 11.0 Å². The van der Waals surface area contributed by atoms with Crippen LogP contribution < -0.4 is 16.7 Å². The zero-order valence-corrected chi connectivity index (χ0v) is 13.6. The Balaban J connectivity index is 2.46. The molecule has 0 saturated heterocycles. The van der Waals surface area contributed by atoms with Crippen molar-refractivity contribution in [1.29, 1.82) is 0 Å². The Morgan fingerprint density at radius 3 is 1.85 bits per heavy atom.